The summed E-state index contributed by atoms with van der Waals surface area (Å²) in [6.45, 7) is 0. The number of amides is 1. The predicted molar refractivity (Wildman–Crippen MR) is 111 cm³/mol. The molecular weight excluding hydrogens is 382 g/mol. The van der Waals surface area contributed by atoms with Gasteiger partial charge in [-0.25, -0.2) is 0 Å². The van der Waals surface area contributed by atoms with Crippen molar-refractivity contribution in [2.45, 2.75) is 0 Å². The van der Waals surface area contributed by atoms with E-state index in [1.165, 1.54) is 17.4 Å². The molecule has 4 rings (SSSR count). The number of nitrogens with zero attached hydrogens (tertiary/aromatic N) is 1. The van der Waals surface area contributed by atoms with Crippen LogP contribution >= 0.6 is 22.9 Å². The number of thiophene rings is 1. The molecule has 0 saturated carbocycles. The zero-order chi connectivity index (χ0) is 19.0. The minimum Gasteiger partial charge on any atom is -0.365 e. The van der Waals surface area contributed by atoms with E-state index >= 15 is 0 Å². The maximum atomic E-state index is 12.5. The minimum absolute atomic E-state index is 0.185. The van der Waals surface area contributed by atoms with Crippen molar-refractivity contribution in [1.82, 2.24) is 4.57 Å². The van der Waals surface area contributed by atoms with Crippen molar-refractivity contribution in [2.24, 2.45) is 5.73 Å². The summed E-state index contributed by atoms with van der Waals surface area (Å²) >= 11 is 7.42. The van der Waals surface area contributed by atoms with Crippen LogP contribution in [0.4, 0.5) is 11.4 Å². The third-order valence-electron chi connectivity index (χ3n) is 4.11. The average Bonchev–Trinajstić information content (AvgIpc) is 3.03. The molecule has 4 aromatic rings. The van der Waals surface area contributed by atoms with Gasteiger partial charge in [-0.05, 0) is 30.3 Å². The third-order valence-corrected chi connectivity index (χ3v) is 5.65. The van der Waals surface area contributed by atoms with Gasteiger partial charge >= 0.3 is 0 Å². The predicted octanol–water partition coefficient (Wildman–Crippen LogP) is 4.55. The Morgan fingerprint density at radius 1 is 1.00 bits per heavy atom. The zero-order valence-corrected chi connectivity index (χ0v) is 15.6. The maximum absolute atomic E-state index is 12.5. The van der Waals surface area contributed by atoms with Crippen molar-refractivity contribution in [3.63, 3.8) is 0 Å². The first kappa shape index (κ1) is 17.3. The Hall–Kier alpha value is -3.09. The fourth-order valence-corrected chi connectivity index (χ4v) is 4.20. The number of nitrogens with two attached hydrogens (primary N) is 1. The number of carbonyl (C=O) groups excluding carboxylic acids is 1. The van der Waals surface area contributed by atoms with Gasteiger partial charge in [0.1, 0.15) is 9.71 Å². The van der Waals surface area contributed by atoms with E-state index in [-0.39, 0.29) is 5.56 Å². The molecule has 0 atom stereocenters. The maximum Gasteiger partial charge on any atom is 0.261 e. The number of carbonyl (C=O) groups is 1. The standard InChI is InChI=1S/C20H14ClN3O2S/c21-14-8-4-5-9-15(14)23-17-13-10-11-16(25)24(12-6-2-1-3-7-12)20(13)27-18(17)19(22)26/h1-11,23H,(H2,22,26). The molecule has 0 unspecified atom stereocenters. The van der Waals surface area contributed by atoms with E-state index in [2.05, 4.69) is 5.32 Å². The Morgan fingerprint density at radius 3 is 2.41 bits per heavy atom. The fraction of sp³-hybridized carbons (Fsp3) is 0. The number of para-hydroxylation sites is 2. The van der Waals surface area contributed by atoms with Gasteiger partial charge in [0.25, 0.3) is 11.5 Å². The SMILES string of the molecule is NC(=O)c1sc2c(ccc(=O)n2-c2ccccc2)c1Nc1ccccc1Cl. The number of nitrogens with one attached hydrogen (secondary N) is 1. The highest BCUT2D eigenvalue weighted by Gasteiger charge is 2.20. The van der Waals surface area contributed by atoms with Crippen LogP contribution in [0.25, 0.3) is 15.9 Å². The Balaban J connectivity index is 1.99. The lowest BCUT2D eigenvalue weighted by molar-refractivity contribution is 0.100. The van der Waals surface area contributed by atoms with Crippen LogP contribution in [-0.4, -0.2) is 10.5 Å². The molecule has 0 saturated heterocycles. The Bertz CT molecular complexity index is 1220. The topological polar surface area (TPSA) is 77.1 Å². The molecule has 0 bridgehead atoms. The molecule has 0 radical (unpaired) electrons. The van der Waals surface area contributed by atoms with Crippen molar-refractivity contribution in [3.8, 4) is 5.69 Å². The van der Waals surface area contributed by atoms with E-state index < -0.39 is 5.91 Å². The molecule has 2 aromatic carbocycles. The summed E-state index contributed by atoms with van der Waals surface area (Å²) in [5.41, 5.74) is 7.33. The van der Waals surface area contributed by atoms with Crippen molar-refractivity contribution in [2.75, 3.05) is 5.32 Å². The van der Waals surface area contributed by atoms with Crippen molar-refractivity contribution in [3.05, 3.63) is 87.0 Å². The van der Waals surface area contributed by atoms with Gasteiger partial charge in [0.05, 0.1) is 22.1 Å². The number of rotatable bonds is 4. The second kappa shape index (κ2) is 6.90. The molecule has 2 heterocycles. The molecule has 1 amide bonds. The lowest BCUT2D eigenvalue weighted by Crippen LogP contribution is -2.16. The van der Waals surface area contributed by atoms with Crippen LogP contribution in [0.1, 0.15) is 9.67 Å². The number of anilines is 2. The number of hydrogen-bond acceptors (Lipinski definition) is 4. The normalized spacial score (nSPS) is 10.9. The summed E-state index contributed by atoms with van der Waals surface area (Å²) in [5, 5.41) is 4.44. The highest BCUT2D eigenvalue weighted by molar-refractivity contribution is 7.21. The summed E-state index contributed by atoms with van der Waals surface area (Å²) in [6.07, 6.45) is 0. The van der Waals surface area contributed by atoms with Gasteiger partial charge in [-0.1, -0.05) is 41.9 Å². The van der Waals surface area contributed by atoms with E-state index in [1.54, 1.807) is 16.7 Å². The highest BCUT2D eigenvalue weighted by Crippen LogP contribution is 2.38. The molecule has 3 N–H and O–H groups in total. The van der Waals surface area contributed by atoms with Gasteiger partial charge in [-0.15, -0.1) is 11.3 Å². The molecule has 2 aromatic heterocycles. The first-order valence-corrected chi connectivity index (χ1v) is 9.31. The Morgan fingerprint density at radius 2 is 1.70 bits per heavy atom. The van der Waals surface area contributed by atoms with Crippen LogP contribution < -0.4 is 16.6 Å². The van der Waals surface area contributed by atoms with Crippen LogP contribution in [0.3, 0.4) is 0 Å². The molecule has 5 nitrogen and oxygen atoms in total. The second-order valence-corrected chi connectivity index (χ2v) is 7.24. The lowest BCUT2D eigenvalue weighted by atomic mass is 10.2. The summed E-state index contributed by atoms with van der Waals surface area (Å²) in [7, 11) is 0. The molecule has 27 heavy (non-hydrogen) atoms. The summed E-state index contributed by atoms with van der Waals surface area (Å²) in [4.78, 5) is 25.6. The second-order valence-electron chi connectivity index (χ2n) is 5.84. The Labute approximate surface area is 163 Å². The summed E-state index contributed by atoms with van der Waals surface area (Å²) in [5.74, 6) is -0.571. The third kappa shape index (κ3) is 3.09. The smallest absolute Gasteiger partial charge is 0.261 e. The molecule has 0 aliphatic carbocycles. The van der Waals surface area contributed by atoms with Crippen molar-refractivity contribution >= 4 is 50.4 Å². The number of aromatic nitrogens is 1. The van der Waals surface area contributed by atoms with E-state index in [0.29, 0.717) is 26.1 Å². The van der Waals surface area contributed by atoms with Crippen LogP contribution in [0.15, 0.2) is 71.5 Å². The number of halogens is 1. The van der Waals surface area contributed by atoms with E-state index in [4.69, 9.17) is 17.3 Å². The Kier molecular flexibility index (Phi) is 4.43. The number of primary amides is 1. The van der Waals surface area contributed by atoms with Crippen molar-refractivity contribution in [1.29, 1.82) is 0 Å². The summed E-state index contributed by atoms with van der Waals surface area (Å²) < 4.78 is 1.57. The monoisotopic (exact) mass is 395 g/mol. The largest absolute Gasteiger partial charge is 0.365 e. The molecule has 134 valence electrons. The zero-order valence-electron chi connectivity index (χ0n) is 14.0. The fourth-order valence-electron chi connectivity index (χ4n) is 2.90. The minimum atomic E-state index is -0.571. The lowest BCUT2D eigenvalue weighted by Gasteiger charge is -2.10. The quantitative estimate of drug-likeness (QED) is 0.532. The van der Waals surface area contributed by atoms with E-state index in [0.717, 1.165) is 11.1 Å². The van der Waals surface area contributed by atoms with Gasteiger partial charge in [0, 0.05) is 11.5 Å². The number of hydrogen-bond donors (Lipinski definition) is 2. The molecular formula is C20H14ClN3O2S. The molecule has 0 fully saturated rings. The molecule has 0 aliphatic rings. The summed E-state index contributed by atoms with van der Waals surface area (Å²) in [6, 6.07) is 19.7. The first-order valence-electron chi connectivity index (χ1n) is 8.11. The van der Waals surface area contributed by atoms with Crippen LogP contribution in [0.5, 0.6) is 0 Å². The molecule has 0 aliphatic heterocycles. The van der Waals surface area contributed by atoms with E-state index in [1.807, 2.05) is 48.5 Å². The number of pyridine rings is 1. The highest BCUT2D eigenvalue weighted by atomic mass is 35.5. The first-order chi connectivity index (χ1) is 13.1. The number of fused-ring (bicyclic) bond motifs is 1. The van der Waals surface area contributed by atoms with Crippen LogP contribution in [-0.2, 0) is 0 Å². The van der Waals surface area contributed by atoms with Gasteiger partial charge in [-0.2, -0.15) is 0 Å². The van der Waals surface area contributed by atoms with Crippen LogP contribution in [0.2, 0.25) is 5.02 Å². The van der Waals surface area contributed by atoms with Crippen molar-refractivity contribution < 1.29 is 4.79 Å². The van der Waals surface area contributed by atoms with Gasteiger partial charge in [-0.3, -0.25) is 14.2 Å². The average molecular weight is 396 g/mol. The van der Waals surface area contributed by atoms with E-state index in [9.17, 15) is 9.59 Å². The van der Waals surface area contributed by atoms with Crippen LogP contribution in [0, 0.1) is 0 Å². The van der Waals surface area contributed by atoms with Gasteiger partial charge in [0.2, 0.25) is 0 Å². The molecule has 0 spiro atoms. The van der Waals surface area contributed by atoms with Gasteiger partial charge in [0.15, 0.2) is 0 Å². The molecule has 7 heteroatoms. The van der Waals surface area contributed by atoms with Gasteiger partial charge < -0.3 is 11.1 Å². The number of benzene rings is 2.